The molecule has 1 N–H and O–H groups in total. The number of carbonyl (C=O) groups is 1. The van der Waals surface area contributed by atoms with Gasteiger partial charge in [-0.2, -0.15) is 13.2 Å². The molecule has 0 unspecified atom stereocenters. The van der Waals surface area contributed by atoms with Crippen molar-refractivity contribution in [2.45, 2.75) is 31.5 Å². The number of nitrogens with zero attached hydrogens (tertiary/aromatic N) is 4. The number of halogens is 4. The maximum absolute atomic E-state index is 13.5. The van der Waals surface area contributed by atoms with E-state index in [1.54, 1.807) is 14.0 Å². The van der Waals surface area contributed by atoms with Gasteiger partial charge in [0.25, 0.3) is 11.8 Å². The number of sulfone groups is 1. The Balaban J connectivity index is 1.55. The van der Waals surface area contributed by atoms with E-state index in [0.717, 1.165) is 6.20 Å². The normalized spacial score (nSPS) is 17.1. The van der Waals surface area contributed by atoms with Crippen molar-refractivity contribution in [1.29, 1.82) is 0 Å². The standard InChI is InChI=1S/C21H21F4N5O5S/c1-20(3-5-36(32,33)6-4-20)29-18(31)17-28-16-14(30(17)2)8-13(10-26-16)35-19-15(7-12(22)9-27-19)34-11-21(23,24)25/h7-10H,3-6,11H2,1-2H3,(H,29,31). The van der Waals surface area contributed by atoms with Crippen LogP contribution in [0.5, 0.6) is 17.4 Å². The molecular formula is C21H21F4N5O5S. The van der Waals surface area contributed by atoms with Crippen molar-refractivity contribution in [3.05, 3.63) is 36.2 Å². The molecule has 0 saturated carbocycles. The van der Waals surface area contributed by atoms with E-state index in [2.05, 4.69) is 25.0 Å². The average molecular weight is 531 g/mol. The van der Waals surface area contributed by atoms with Gasteiger partial charge in [-0.15, -0.1) is 0 Å². The van der Waals surface area contributed by atoms with Crippen molar-refractivity contribution in [3.63, 3.8) is 0 Å². The number of hydrogen-bond acceptors (Lipinski definition) is 8. The Labute approximate surface area is 202 Å². The van der Waals surface area contributed by atoms with Gasteiger partial charge >= 0.3 is 6.18 Å². The highest BCUT2D eigenvalue weighted by molar-refractivity contribution is 7.91. The maximum Gasteiger partial charge on any atom is 0.422 e. The number of hydrogen-bond donors (Lipinski definition) is 1. The second kappa shape index (κ2) is 9.19. The van der Waals surface area contributed by atoms with E-state index in [4.69, 9.17) is 4.74 Å². The molecule has 1 fully saturated rings. The minimum absolute atomic E-state index is 0.0124. The topological polar surface area (TPSA) is 125 Å². The summed E-state index contributed by atoms with van der Waals surface area (Å²) in [6, 6.07) is 2.14. The quantitative estimate of drug-likeness (QED) is 0.482. The van der Waals surface area contributed by atoms with Gasteiger partial charge in [0.2, 0.25) is 5.82 Å². The zero-order valence-corrected chi connectivity index (χ0v) is 19.9. The van der Waals surface area contributed by atoms with Gasteiger partial charge in [-0.05, 0) is 19.8 Å². The van der Waals surface area contributed by atoms with Crippen molar-refractivity contribution in [1.82, 2.24) is 24.8 Å². The number of carbonyl (C=O) groups excluding carboxylic acids is 1. The summed E-state index contributed by atoms with van der Waals surface area (Å²) in [6.45, 7) is 0.0946. The predicted molar refractivity (Wildman–Crippen MR) is 118 cm³/mol. The van der Waals surface area contributed by atoms with Gasteiger partial charge < -0.3 is 19.4 Å². The fourth-order valence-electron chi connectivity index (χ4n) is 3.61. The summed E-state index contributed by atoms with van der Waals surface area (Å²) in [5, 5.41) is 2.84. The van der Waals surface area contributed by atoms with Gasteiger partial charge in [0, 0.05) is 24.7 Å². The van der Waals surface area contributed by atoms with E-state index in [0.29, 0.717) is 11.6 Å². The van der Waals surface area contributed by atoms with Crippen molar-refractivity contribution < 1.29 is 40.2 Å². The number of pyridine rings is 2. The van der Waals surface area contributed by atoms with Crippen LogP contribution in [0.1, 0.15) is 30.4 Å². The van der Waals surface area contributed by atoms with Gasteiger partial charge in [0.1, 0.15) is 21.4 Å². The SMILES string of the molecule is Cn1c(C(=O)NC2(C)CCS(=O)(=O)CC2)nc2ncc(Oc3ncc(F)cc3OCC(F)(F)F)cc21. The molecule has 36 heavy (non-hydrogen) atoms. The number of alkyl halides is 3. The summed E-state index contributed by atoms with van der Waals surface area (Å²) < 4.78 is 86.1. The molecule has 1 amide bonds. The number of amides is 1. The number of aromatic nitrogens is 4. The van der Waals surface area contributed by atoms with E-state index in [1.165, 1.54) is 16.8 Å². The summed E-state index contributed by atoms with van der Waals surface area (Å²) >= 11 is 0. The maximum atomic E-state index is 13.5. The largest absolute Gasteiger partial charge is 0.478 e. The predicted octanol–water partition coefficient (Wildman–Crippen LogP) is 2.93. The molecule has 0 radical (unpaired) electrons. The average Bonchev–Trinajstić information content (AvgIpc) is 3.12. The van der Waals surface area contributed by atoms with Crippen LogP contribution in [0.15, 0.2) is 24.5 Å². The Hall–Kier alpha value is -3.49. The zero-order chi connectivity index (χ0) is 26.3. The lowest BCUT2D eigenvalue weighted by Gasteiger charge is -2.34. The molecule has 0 aliphatic carbocycles. The van der Waals surface area contributed by atoms with Gasteiger partial charge in [0.05, 0.1) is 29.4 Å². The first-order valence-electron chi connectivity index (χ1n) is 10.6. The molecule has 1 aliphatic rings. The second-order valence-electron chi connectivity index (χ2n) is 8.64. The molecule has 194 valence electrons. The number of aryl methyl sites for hydroxylation is 1. The molecule has 10 nitrogen and oxygen atoms in total. The van der Waals surface area contributed by atoms with Crippen molar-refractivity contribution in [2.24, 2.45) is 7.05 Å². The Morgan fingerprint density at radius 3 is 2.56 bits per heavy atom. The molecule has 15 heteroatoms. The third kappa shape index (κ3) is 5.83. The summed E-state index contributed by atoms with van der Waals surface area (Å²) in [7, 11) is -1.56. The number of ether oxygens (including phenoxy) is 2. The summed E-state index contributed by atoms with van der Waals surface area (Å²) in [5.41, 5.74) is -0.176. The summed E-state index contributed by atoms with van der Waals surface area (Å²) in [6.07, 6.45) is -2.15. The van der Waals surface area contributed by atoms with Crippen LogP contribution in [0.4, 0.5) is 17.6 Å². The Morgan fingerprint density at radius 1 is 1.19 bits per heavy atom. The number of fused-ring (bicyclic) bond motifs is 1. The van der Waals surface area contributed by atoms with Crippen LogP contribution in [0.3, 0.4) is 0 Å². The first-order valence-corrected chi connectivity index (χ1v) is 12.4. The Bertz CT molecular complexity index is 1410. The van der Waals surface area contributed by atoms with Gasteiger partial charge in [-0.3, -0.25) is 4.79 Å². The summed E-state index contributed by atoms with van der Waals surface area (Å²) in [4.78, 5) is 24.9. The van der Waals surface area contributed by atoms with E-state index in [-0.39, 0.29) is 41.6 Å². The third-order valence-corrected chi connectivity index (χ3v) is 7.30. The first kappa shape index (κ1) is 25.6. The van der Waals surface area contributed by atoms with Crippen molar-refractivity contribution in [3.8, 4) is 17.4 Å². The smallest absolute Gasteiger partial charge is 0.422 e. The highest BCUT2D eigenvalue weighted by atomic mass is 32.2. The van der Waals surface area contributed by atoms with Crippen LogP contribution in [0.25, 0.3) is 11.2 Å². The number of rotatable bonds is 6. The second-order valence-corrected chi connectivity index (χ2v) is 10.9. The third-order valence-electron chi connectivity index (χ3n) is 5.65. The van der Waals surface area contributed by atoms with Crippen LogP contribution in [-0.2, 0) is 16.9 Å². The molecule has 0 aromatic carbocycles. The van der Waals surface area contributed by atoms with E-state index in [9.17, 15) is 30.8 Å². The van der Waals surface area contributed by atoms with E-state index < -0.39 is 51.5 Å². The molecule has 0 spiro atoms. The first-order chi connectivity index (χ1) is 16.7. The Morgan fingerprint density at radius 2 is 1.89 bits per heavy atom. The highest BCUT2D eigenvalue weighted by Gasteiger charge is 2.35. The molecule has 3 aromatic heterocycles. The number of nitrogens with one attached hydrogen (secondary N) is 1. The minimum Gasteiger partial charge on any atom is -0.478 e. The monoisotopic (exact) mass is 531 g/mol. The van der Waals surface area contributed by atoms with Gasteiger partial charge in [-0.25, -0.2) is 27.8 Å². The fraction of sp³-hybridized carbons (Fsp3) is 0.429. The van der Waals surface area contributed by atoms with E-state index >= 15 is 0 Å². The van der Waals surface area contributed by atoms with Crippen molar-refractivity contribution in [2.75, 3.05) is 18.1 Å². The summed E-state index contributed by atoms with van der Waals surface area (Å²) in [5.74, 6) is -2.43. The van der Waals surface area contributed by atoms with E-state index in [1.807, 2.05) is 0 Å². The van der Waals surface area contributed by atoms with Gasteiger partial charge in [-0.1, -0.05) is 0 Å². The molecular weight excluding hydrogens is 510 g/mol. The molecule has 3 aromatic rings. The molecule has 0 atom stereocenters. The van der Waals surface area contributed by atoms with Crippen molar-refractivity contribution >= 4 is 26.9 Å². The highest BCUT2D eigenvalue weighted by Crippen LogP contribution is 2.32. The molecule has 1 saturated heterocycles. The molecule has 4 heterocycles. The van der Waals surface area contributed by atoms with Crippen LogP contribution in [0, 0.1) is 5.82 Å². The minimum atomic E-state index is -4.65. The number of imidazole rings is 1. The molecule has 1 aliphatic heterocycles. The molecule has 0 bridgehead atoms. The lowest BCUT2D eigenvalue weighted by molar-refractivity contribution is -0.153. The lowest BCUT2D eigenvalue weighted by atomic mass is 9.95. The van der Waals surface area contributed by atoms with Crippen LogP contribution >= 0.6 is 0 Å². The van der Waals surface area contributed by atoms with Crippen LogP contribution in [0.2, 0.25) is 0 Å². The molecule has 4 rings (SSSR count). The Kier molecular flexibility index (Phi) is 6.53. The zero-order valence-electron chi connectivity index (χ0n) is 19.1. The fourth-order valence-corrected chi connectivity index (χ4v) is 5.34. The van der Waals surface area contributed by atoms with Gasteiger partial charge in [0.15, 0.2) is 18.0 Å². The van der Waals surface area contributed by atoms with Crippen LogP contribution in [-0.4, -0.2) is 63.7 Å². The lowest BCUT2D eigenvalue weighted by Crippen LogP contribution is -2.51. The van der Waals surface area contributed by atoms with Crippen LogP contribution < -0.4 is 14.8 Å².